The number of hydrogen-bond acceptors (Lipinski definition) is 4. The fourth-order valence-corrected chi connectivity index (χ4v) is 4.44. The minimum absolute atomic E-state index is 0.110. The van der Waals surface area contributed by atoms with Crippen molar-refractivity contribution in [2.45, 2.75) is 36.6 Å². The Morgan fingerprint density at radius 3 is 2.52 bits per heavy atom. The summed E-state index contributed by atoms with van der Waals surface area (Å²) in [5, 5.41) is 0. The summed E-state index contributed by atoms with van der Waals surface area (Å²) in [5.41, 5.74) is 0. The van der Waals surface area contributed by atoms with E-state index in [2.05, 4.69) is 20.7 Å². The second kappa shape index (κ2) is 6.89. The Balaban J connectivity index is 1.98. The quantitative estimate of drug-likeness (QED) is 0.820. The zero-order chi connectivity index (χ0) is 15.5. The van der Waals surface area contributed by atoms with E-state index < -0.39 is 10.0 Å². The Morgan fingerprint density at radius 1 is 1.29 bits per heavy atom. The molecule has 0 amide bonds. The third-order valence-corrected chi connectivity index (χ3v) is 5.70. The number of halogens is 1. The molecule has 0 saturated heterocycles. The van der Waals surface area contributed by atoms with Crippen molar-refractivity contribution >= 4 is 31.9 Å². The first kappa shape index (κ1) is 16.5. The predicted molar refractivity (Wildman–Crippen MR) is 82.2 cm³/mol. The lowest BCUT2D eigenvalue weighted by molar-refractivity contribution is -0.146. The van der Waals surface area contributed by atoms with Crippen molar-refractivity contribution in [3.05, 3.63) is 28.7 Å². The first-order valence-corrected chi connectivity index (χ1v) is 9.05. The van der Waals surface area contributed by atoms with Crippen LogP contribution in [-0.2, 0) is 19.6 Å². The first-order chi connectivity index (χ1) is 9.92. The van der Waals surface area contributed by atoms with E-state index in [1.807, 2.05) is 0 Å². The summed E-state index contributed by atoms with van der Waals surface area (Å²) in [7, 11) is -2.14. The number of methoxy groups -OCH3 is 1. The molecule has 0 aliphatic heterocycles. The van der Waals surface area contributed by atoms with Gasteiger partial charge in [-0.25, -0.2) is 13.1 Å². The van der Waals surface area contributed by atoms with Gasteiger partial charge in [0, 0.05) is 10.5 Å². The third-order valence-electron chi connectivity index (χ3n) is 3.69. The maximum Gasteiger partial charge on any atom is 0.308 e. The van der Waals surface area contributed by atoms with Gasteiger partial charge in [0.2, 0.25) is 10.0 Å². The second-order valence-corrected chi connectivity index (χ2v) is 7.78. The molecule has 0 bridgehead atoms. The second-order valence-electron chi connectivity index (χ2n) is 5.15. The summed E-state index contributed by atoms with van der Waals surface area (Å²) in [6, 6.07) is 6.47. The molecular weight excluding hydrogens is 358 g/mol. The summed E-state index contributed by atoms with van der Waals surface area (Å²) in [5.74, 6) is -0.315. The number of esters is 1. The number of ether oxygens (including phenoxy) is 1. The fraction of sp³-hybridized carbons (Fsp3) is 0.500. The molecule has 1 aromatic carbocycles. The molecule has 1 fully saturated rings. The summed E-state index contributed by atoms with van der Waals surface area (Å²) in [6.45, 7) is 0. The molecule has 7 heteroatoms. The van der Waals surface area contributed by atoms with Gasteiger partial charge in [-0.3, -0.25) is 4.79 Å². The van der Waals surface area contributed by atoms with E-state index >= 15 is 0 Å². The Bertz CT molecular complexity index is 609. The van der Waals surface area contributed by atoms with E-state index in [1.54, 1.807) is 24.3 Å². The number of nitrogens with one attached hydrogen (secondary N) is 1. The Labute approximate surface area is 133 Å². The normalized spacial score (nSPS) is 22.8. The van der Waals surface area contributed by atoms with Gasteiger partial charge in [-0.2, -0.15) is 0 Å². The van der Waals surface area contributed by atoms with Crippen molar-refractivity contribution in [1.82, 2.24) is 4.72 Å². The van der Waals surface area contributed by atoms with Crippen LogP contribution in [0.3, 0.4) is 0 Å². The average molecular weight is 376 g/mol. The molecular formula is C14H18BrNO4S. The average Bonchev–Trinajstić information content (AvgIpc) is 2.47. The standard InChI is InChI=1S/C14H18BrNO4S/c1-20-14(17)10-5-7-12(8-6-10)16-21(18,19)13-4-2-3-11(15)9-13/h2-4,9-10,12,16H,5-8H2,1H3. The van der Waals surface area contributed by atoms with Crippen molar-refractivity contribution < 1.29 is 17.9 Å². The van der Waals surface area contributed by atoms with Gasteiger partial charge in [0.25, 0.3) is 0 Å². The molecule has 1 aliphatic rings. The highest BCUT2D eigenvalue weighted by Crippen LogP contribution is 2.26. The lowest BCUT2D eigenvalue weighted by Gasteiger charge is -2.27. The summed E-state index contributed by atoms with van der Waals surface area (Å²) < 4.78 is 32.8. The van der Waals surface area contributed by atoms with Crippen LogP contribution < -0.4 is 4.72 Å². The highest BCUT2D eigenvalue weighted by atomic mass is 79.9. The van der Waals surface area contributed by atoms with Gasteiger partial charge in [-0.1, -0.05) is 22.0 Å². The van der Waals surface area contributed by atoms with Crippen LogP contribution in [-0.4, -0.2) is 27.5 Å². The number of carbonyl (C=O) groups excluding carboxylic acids is 1. The molecule has 0 unspecified atom stereocenters. The molecule has 1 saturated carbocycles. The number of hydrogen-bond donors (Lipinski definition) is 1. The predicted octanol–water partition coefficient (Wildman–Crippen LogP) is 2.46. The van der Waals surface area contributed by atoms with Crippen molar-refractivity contribution in [3.8, 4) is 0 Å². The van der Waals surface area contributed by atoms with Crippen LogP contribution >= 0.6 is 15.9 Å². The van der Waals surface area contributed by atoms with Gasteiger partial charge in [0.05, 0.1) is 17.9 Å². The first-order valence-electron chi connectivity index (χ1n) is 6.78. The maximum absolute atomic E-state index is 12.3. The monoisotopic (exact) mass is 375 g/mol. The summed E-state index contributed by atoms with van der Waals surface area (Å²) >= 11 is 3.27. The Kier molecular flexibility index (Phi) is 5.40. The topological polar surface area (TPSA) is 72.5 Å². The molecule has 0 radical (unpaired) electrons. The number of benzene rings is 1. The molecule has 5 nitrogen and oxygen atoms in total. The highest BCUT2D eigenvalue weighted by Gasteiger charge is 2.29. The van der Waals surface area contributed by atoms with Crippen molar-refractivity contribution in [2.75, 3.05) is 7.11 Å². The zero-order valence-corrected chi connectivity index (χ0v) is 14.1. The van der Waals surface area contributed by atoms with Crippen LogP contribution in [0.25, 0.3) is 0 Å². The van der Waals surface area contributed by atoms with E-state index in [0.717, 1.165) is 4.47 Å². The SMILES string of the molecule is COC(=O)C1CCC(NS(=O)(=O)c2cccc(Br)c2)CC1. The lowest BCUT2D eigenvalue weighted by atomic mass is 9.86. The number of sulfonamides is 1. The largest absolute Gasteiger partial charge is 0.469 e. The molecule has 1 aliphatic carbocycles. The minimum Gasteiger partial charge on any atom is -0.469 e. The van der Waals surface area contributed by atoms with Crippen LogP contribution in [0.5, 0.6) is 0 Å². The smallest absolute Gasteiger partial charge is 0.308 e. The molecule has 0 heterocycles. The highest BCUT2D eigenvalue weighted by molar-refractivity contribution is 9.10. The van der Waals surface area contributed by atoms with Crippen molar-refractivity contribution in [2.24, 2.45) is 5.92 Å². The van der Waals surface area contributed by atoms with Gasteiger partial charge in [0.1, 0.15) is 0 Å². The van der Waals surface area contributed by atoms with E-state index in [0.29, 0.717) is 25.7 Å². The minimum atomic E-state index is -3.52. The van der Waals surface area contributed by atoms with Crippen molar-refractivity contribution in [3.63, 3.8) is 0 Å². The molecule has 1 aromatic rings. The fourth-order valence-electron chi connectivity index (χ4n) is 2.54. The van der Waals surface area contributed by atoms with Gasteiger partial charge in [-0.05, 0) is 43.9 Å². The summed E-state index contributed by atoms with van der Waals surface area (Å²) in [4.78, 5) is 11.7. The van der Waals surface area contributed by atoms with E-state index in [9.17, 15) is 13.2 Å². The maximum atomic E-state index is 12.3. The van der Waals surface area contributed by atoms with E-state index in [4.69, 9.17) is 4.74 Å². The van der Waals surface area contributed by atoms with Gasteiger partial charge >= 0.3 is 5.97 Å². The van der Waals surface area contributed by atoms with E-state index in [-0.39, 0.29) is 22.8 Å². The molecule has 0 atom stereocenters. The molecule has 21 heavy (non-hydrogen) atoms. The van der Waals surface area contributed by atoms with Crippen LogP contribution in [0, 0.1) is 5.92 Å². The summed E-state index contributed by atoms with van der Waals surface area (Å²) in [6.07, 6.45) is 2.59. The van der Waals surface area contributed by atoms with Crippen LogP contribution in [0.15, 0.2) is 33.6 Å². The molecule has 2 rings (SSSR count). The molecule has 116 valence electrons. The van der Waals surface area contributed by atoms with Gasteiger partial charge in [-0.15, -0.1) is 0 Å². The number of rotatable bonds is 4. The van der Waals surface area contributed by atoms with Crippen molar-refractivity contribution in [1.29, 1.82) is 0 Å². The number of carbonyl (C=O) groups is 1. The van der Waals surface area contributed by atoms with Crippen LogP contribution in [0.1, 0.15) is 25.7 Å². The Hall–Kier alpha value is -0.920. The van der Waals surface area contributed by atoms with Crippen LogP contribution in [0.2, 0.25) is 0 Å². The lowest BCUT2D eigenvalue weighted by Crippen LogP contribution is -2.38. The molecule has 1 N–H and O–H groups in total. The van der Waals surface area contributed by atoms with E-state index in [1.165, 1.54) is 7.11 Å². The third kappa shape index (κ3) is 4.28. The Morgan fingerprint density at radius 2 is 1.95 bits per heavy atom. The van der Waals surface area contributed by atoms with Gasteiger partial charge in [0.15, 0.2) is 0 Å². The van der Waals surface area contributed by atoms with Gasteiger partial charge < -0.3 is 4.74 Å². The molecule has 0 spiro atoms. The molecule has 0 aromatic heterocycles. The zero-order valence-electron chi connectivity index (χ0n) is 11.7. The van der Waals surface area contributed by atoms with Crippen LogP contribution in [0.4, 0.5) is 0 Å².